The molecule has 2 saturated carbocycles. The molecular weight excluding hydrogens is 242 g/mol. The van der Waals surface area contributed by atoms with Crippen LogP contribution in [0.15, 0.2) is 0 Å². The molecule has 2 bridgehead atoms. The van der Waals surface area contributed by atoms with Gasteiger partial charge in [0, 0.05) is 0 Å². The van der Waals surface area contributed by atoms with Gasteiger partial charge in [0.25, 0.3) is 0 Å². The number of unbranched alkanes of at least 4 members (excludes halogenated alkanes) is 2. The van der Waals surface area contributed by atoms with E-state index in [1.807, 2.05) is 0 Å². The maximum absolute atomic E-state index is 2.76. The smallest absolute Gasteiger partial charge is 0.00158 e. The molecule has 0 heterocycles. The Hall–Kier alpha value is -0.0400. The summed E-state index contributed by atoms with van der Waals surface area (Å²) in [4.78, 5) is 2.76. The lowest BCUT2D eigenvalue weighted by Crippen LogP contribution is -2.35. The second kappa shape index (κ2) is 7.29. The Morgan fingerprint density at radius 2 is 1.60 bits per heavy atom. The van der Waals surface area contributed by atoms with Gasteiger partial charge in [-0.3, -0.25) is 0 Å². The molecule has 2 rings (SSSR count). The molecular formula is C19H37N. The number of rotatable bonds is 9. The van der Waals surface area contributed by atoms with Gasteiger partial charge in [0.05, 0.1) is 0 Å². The maximum Gasteiger partial charge on any atom is -0.00158 e. The van der Waals surface area contributed by atoms with Crippen LogP contribution in [0.5, 0.6) is 0 Å². The molecule has 0 N–H and O–H groups in total. The Bertz CT molecular complexity index is 275. The highest BCUT2D eigenvalue weighted by atomic mass is 15.1. The Morgan fingerprint density at radius 1 is 0.950 bits per heavy atom. The van der Waals surface area contributed by atoms with Crippen LogP contribution in [0, 0.1) is 23.2 Å². The van der Waals surface area contributed by atoms with Gasteiger partial charge in [-0.2, -0.15) is 0 Å². The zero-order valence-electron chi connectivity index (χ0n) is 14.5. The summed E-state index contributed by atoms with van der Waals surface area (Å²) in [5.74, 6) is 3.11. The molecule has 0 aromatic carbocycles. The quantitative estimate of drug-likeness (QED) is 0.550. The SMILES string of the molecule is CCCCN(CCCC)CCC1C2CCC(C2)C1(C)C. The van der Waals surface area contributed by atoms with Crippen molar-refractivity contribution in [2.45, 2.75) is 79.1 Å². The van der Waals surface area contributed by atoms with E-state index in [0.717, 1.165) is 17.8 Å². The molecule has 3 atom stereocenters. The van der Waals surface area contributed by atoms with Gasteiger partial charge in [-0.25, -0.2) is 0 Å². The van der Waals surface area contributed by atoms with Crippen LogP contribution in [0.2, 0.25) is 0 Å². The fourth-order valence-corrected chi connectivity index (χ4v) is 5.00. The van der Waals surface area contributed by atoms with Crippen LogP contribution in [0.25, 0.3) is 0 Å². The van der Waals surface area contributed by atoms with Gasteiger partial charge in [0.2, 0.25) is 0 Å². The highest BCUT2D eigenvalue weighted by molar-refractivity contribution is 5.01. The van der Waals surface area contributed by atoms with Gasteiger partial charge in [0.1, 0.15) is 0 Å². The lowest BCUT2D eigenvalue weighted by Gasteiger charge is -2.39. The monoisotopic (exact) mass is 279 g/mol. The van der Waals surface area contributed by atoms with Gasteiger partial charge in [-0.05, 0) is 81.3 Å². The average molecular weight is 280 g/mol. The number of hydrogen-bond acceptors (Lipinski definition) is 1. The van der Waals surface area contributed by atoms with E-state index < -0.39 is 0 Å². The third kappa shape index (κ3) is 3.59. The largest absolute Gasteiger partial charge is 0.303 e. The predicted octanol–water partition coefficient (Wildman–Crippen LogP) is 5.35. The van der Waals surface area contributed by atoms with Gasteiger partial charge in [0.15, 0.2) is 0 Å². The van der Waals surface area contributed by atoms with Crippen LogP contribution in [0.1, 0.15) is 79.1 Å². The second-order valence-electron chi connectivity index (χ2n) is 8.04. The van der Waals surface area contributed by atoms with Crippen LogP contribution < -0.4 is 0 Å². The van der Waals surface area contributed by atoms with Gasteiger partial charge in [-0.15, -0.1) is 0 Å². The Labute approximate surface area is 127 Å². The summed E-state index contributed by atoms with van der Waals surface area (Å²) in [6.07, 6.45) is 11.5. The van der Waals surface area contributed by atoms with Crippen molar-refractivity contribution in [2.24, 2.45) is 23.2 Å². The first kappa shape index (κ1) is 16.3. The molecule has 0 aliphatic heterocycles. The molecule has 0 spiro atoms. The molecule has 1 heteroatoms. The topological polar surface area (TPSA) is 3.24 Å². The fourth-order valence-electron chi connectivity index (χ4n) is 5.00. The molecule has 3 unspecified atom stereocenters. The molecule has 0 saturated heterocycles. The number of hydrogen-bond donors (Lipinski definition) is 0. The summed E-state index contributed by atoms with van der Waals surface area (Å²) in [5.41, 5.74) is 0.629. The van der Waals surface area contributed by atoms with E-state index in [1.54, 1.807) is 6.42 Å². The van der Waals surface area contributed by atoms with E-state index >= 15 is 0 Å². The molecule has 1 nitrogen and oxygen atoms in total. The minimum absolute atomic E-state index is 0.629. The number of nitrogens with zero attached hydrogens (tertiary/aromatic N) is 1. The van der Waals surface area contributed by atoms with E-state index in [2.05, 4.69) is 32.6 Å². The highest BCUT2D eigenvalue weighted by Gasteiger charge is 2.51. The molecule has 2 aliphatic carbocycles. The first-order valence-corrected chi connectivity index (χ1v) is 9.31. The van der Waals surface area contributed by atoms with E-state index in [1.165, 1.54) is 64.6 Å². The van der Waals surface area contributed by atoms with Crippen molar-refractivity contribution in [1.29, 1.82) is 0 Å². The molecule has 0 aromatic rings. The van der Waals surface area contributed by atoms with Crippen LogP contribution in [-0.2, 0) is 0 Å². The first-order valence-electron chi connectivity index (χ1n) is 9.31. The molecule has 2 fully saturated rings. The van der Waals surface area contributed by atoms with E-state index in [4.69, 9.17) is 0 Å². The minimum Gasteiger partial charge on any atom is -0.303 e. The van der Waals surface area contributed by atoms with Crippen molar-refractivity contribution in [1.82, 2.24) is 4.90 Å². The second-order valence-corrected chi connectivity index (χ2v) is 8.04. The van der Waals surface area contributed by atoms with Crippen molar-refractivity contribution in [3.63, 3.8) is 0 Å². The van der Waals surface area contributed by atoms with Crippen LogP contribution in [-0.4, -0.2) is 24.5 Å². The maximum atomic E-state index is 2.76. The molecule has 118 valence electrons. The molecule has 2 aliphatic rings. The van der Waals surface area contributed by atoms with Crippen LogP contribution in [0.3, 0.4) is 0 Å². The van der Waals surface area contributed by atoms with Crippen LogP contribution in [0.4, 0.5) is 0 Å². The lowest BCUT2D eigenvalue weighted by molar-refractivity contribution is 0.0994. The summed E-state index contributed by atoms with van der Waals surface area (Å²) in [6, 6.07) is 0. The summed E-state index contributed by atoms with van der Waals surface area (Å²) in [7, 11) is 0. The molecule has 0 amide bonds. The number of fused-ring (bicyclic) bond motifs is 2. The van der Waals surface area contributed by atoms with Crippen molar-refractivity contribution < 1.29 is 0 Å². The summed E-state index contributed by atoms with van der Waals surface area (Å²) in [5, 5.41) is 0. The summed E-state index contributed by atoms with van der Waals surface area (Å²) >= 11 is 0. The molecule has 0 radical (unpaired) electrons. The first-order chi connectivity index (χ1) is 9.59. The summed E-state index contributed by atoms with van der Waals surface area (Å²) in [6.45, 7) is 13.8. The normalized spacial score (nSPS) is 31.4. The van der Waals surface area contributed by atoms with Gasteiger partial charge in [-0.1, -0.05) is 40.5 Å². The Kier molecular flexibility index (Phi) is 5.95. The zero-order valence-corrected chi connectivity index (χ0v) is 14.5. The average Bonchev–Trinajstić information content (AvgIpc) is 2.98. The molecule has 0 aromatic heterocycles. The van der Waals surface area contributed by atoms with Gasteiger partial charge >= 0.3 is 0 Å². The minimum atomic E-state index is 0.629. The van der Waals surface area contributed by atoms with Crippen molar-refractivity contribution in [3.05, 3.63) is 0 Å². The molecule has 20 heavy (non-hydrogen) atoms. The summed E-state index contributed by atoms with van der Waals surface area (Å²) < 4.78 is 0. The Morgan fingerprint density at radius 3 is 2.10 bits per heavy atom. The predicted molar refractivity (Wildman–Crippen MR) is 89.0 cm³/mol. The highest BCUT2D eigenvalue weighted by Crippen LogP contribution is 2.60. The zero-order chi connectivity index (χ0) is 14.6. The van der Waals surface area contributed by atoms with E-state index in [9.17, 15) is 0 Å². The third-order valence-electron chi connectivity index (χ3n) is 6.46. The Balaban J connectivity index is 1.82. The van der Waals surface area contributed by atoms with Gasteiger partial charge < -0.3 is 4.90 Å². The fraction of sp³-hybridized carbons (Fsp3) is 1.00. The third-order valence-corrected chi connectivity index (χ3v) is 6.46. The van der Waals surface area contributed by atoms with Crippen molar-refractivity contribution >= 4 is 0 Å². The lowest BCUT2D eigenvalue weighted by atomic mass is 9.67. The van der Waals surface area contributed by atoms with E-state index in [-0.39, 0.29) is 0 Å². The van der Waals surface area contributed by atoms with E-state index in [0.29, 0.717) is 5.41 Å². The van der Waals surface area contributed by atoms with Crippen molar-refractivity contribution in [2.75, 3.05) is 19.6 Å². The van der Waals surface area contributed by atoms with Crippen molar-refractivity contribution in [3.8, 4) is 0 Å². The standard InChI is InChI=1S/C19H37N/c1-5-7-12-20(13-8-6-2)14-11-18-16-9-10-17(15-16)19(18,3)4/h16-18H,5-15H2,1-4H3. The van der Waals surface area contributed by atoms with Crippen LogP contribution >= 0.6 is 0 Å².